The van der Waals surface area contributed by atoms with Gasteiger partial charge in [0.25, 0.3) is 5.91 Å². The molecule has 1 aromatic rings. The lowest BCUT2D eigenvalue weighted by Gasteiger charge is -2.36. The van der Waals surface area contributed by atoms with Crippen molar-refractivity contribution >= 4 is 11.7 Å². The summed E-state index contributed by atoms with van der Waals surface area (Å²) in [5, 5.41) is 0. The maximum atomic E-state index is 12.9. The summed E-state index contributed by atoms with van der Waals surface area (Å²) in [6.07, 6.45) is 0.386. The highest BCUT2D eigenvalue weighted by molar-refractivity contribution is 5.97. The molecule has 23 heavy (non-hydrogen) atoms. The molecular formula is C17H23NO5. The number of likely N-dealkylation sites (tertiary alicyclic amines) is 1. The molecular weight excluding hydrogens is 298 g/mol. The molecule has 0 spiro atoms. The van der Waals surface area contributed by atoms with Gasteiger partial charge in [0.2, 0.25) is 5.75 Å². The molecule has 0 radical (unpaired) electrons. The summed E-state index contributed by atoms with van der Waals surface area (Å²) in [5.41, 5.74) is 0.452. The summed E-state index contributed by atoms with van der Waals surface area (Å²) < 4.78 is 15.9. The van der Waals surface area contributed by atoms with Crippen molar-refractivity contribution in [3.8, 4) is 17.2 Å². The molecule has 1 aromatic carbocycles. The minimum atomic E-state index is -0.142. The zero-order chi connectivity index (χ0) is 17.1. The number of hydrogen-bond donors (Lipinski definition) is 0. The van der Waals surface area contributed by atoms with Crippen LogP contribution >= 0.6 is 0 Å². The standard InChI is InChI=1S/C17H23NO5/c1-10-9-18(11(2)6-13(10)19)17(20)12-7-14(21-3)16(23-5)15(8-12)22-4/h7-8,10-11H,6,9H2,1-5H3/t10-,11+/m1/s1. The Morgan fingerprint density at radius 2 is 1.65 bits per heavy atom. The number of piperidine rings is 1. The van der Waals surface area contributed by atoms with Crippen molar-refractivity contribution in [2.45, 2.75) is 26.3 Å². The molecule has 2 rings (SSSR count). The number of methoxy groups -OCH3 is 3. The lowest BCUT2D eigenvalue weighted by Crippen LogP contribution is -2.48. The molecule has 0 N–H and O–H groups in total. The SMILES string of the molecule is COc1cc(C(=O)N2C[C@@H](C)C(=O)C[C@@H]2C)cc(OC)c1OC. The van der Waals surface area contributed by atoms with Gasteiger partial charge in [-0.1, -0.05) is 6.92 Å². The molecule has 1 aliphatic heterocycles. The summed E-state index contributed by atoms with van der Waals surface area (Å²) >= 11 is 0. The summed E-state index contributed by atoms with van der Waals surface area (Å²) in [6, 6.07) is 3.15. The molecule has 0 aromatic heterocycles. The van der Waals surface area contributed by atoms with Crippen molar-refractivity contribution in [2.75, 3.05) is 27.9 Å². The zero-order valence-electron chi connectivity index (χ0n) is 14.2. The van der Waals surface area contributed by atoms with Crippen LogP contribution in [0.2, 0.25) is 0 Å². The second-order valence-corrected chi connectivity index (χ2v) is 5.79. The monoisotopic (exact) mass is 321 g/mol. The fraction of sp³-hybridized carbons (Fsp3) is 0.529. The molecule has 6 heteroatoms. The van der Waals surface area contributed by atoms with Crippen LogP contribution in [0.3, 0.4) is 0 Å². The zero-order valence-corrected chi connectivity index (χ0v) is 14.2. The fourth-order valence-electron chi connectivity index (χ4n) is 2.83. The lowest BCUT2D eigenvalue weighted by atomic mass is 9.93. The van der Waals surface area contributed by atoms with E-state index in [-0.39, 0.29) is 23.7 Å². The normalized spacial score (nSPS) is 21.1. The average Bonchev–Trinajstić information content (AvgIpc) is 2.55. The van der Waals surface area contributed by atoms with E-state index in [9.17, 15) is 9.59 Å². The molecule has 1 saturated heterocycles. The van der Waals surface area contributed by atoms with Crippen LogP contribution in [0.1, 0.15) is 30.6 Å². The quantitative estimate of drug-likeness (QED) is 0.850. The predicted molar refractivity (Wildman–Crippen MR) is 85.4 cm³/mol. The maximum absolute atomic E-state index is 12.9. The summed E-state index contributed by atoms with van der Waals surface area (Å²) in [4.78, 5) is 26.4. The van der Waals surface area contributed by atoms with Crippen molar-refractivity contribution in [1.29, 1.82) is 0 Å². The van der Waals surface area contributed by atoms with E-state index in [4.69, 9.17) is 14.2 Å². The van der Waals surface area contributed by atoms with Gasteiger partial charge in [0.15, 0.2) is 11.5 Å². The van der Waals surface area contributed by atoms with E-state index < -0.39 is 0 Å². The van der Waals surface area contributed by atoms with Gasteiger partial charge in [0.1, 0.15) is 5.78 Å². The largest absolute Gasteiger partial charge is 0.493 e. The van der Waals surface area contributed by atoms with E-state index >= 15 is 0 Å². The third kappa shape index (κ3) is 3.25. The summed E-state index contributed by atoms with van der Waals surface area (Å²) in [5.74, 6) is 1.23. The number of carbonyl (C=O) groups excluding carboxylic acids is 2. The van der Waals surface area contributed by atoms with Crippen molar-refractivity contribution in [2.24, 2.45) is 5.92 Å². The number of ketones is 1. The van der Waals surface area contributed by atoms with Crippen molar-refractivity contribution in [3.63, 3.8) is 0 Å². The van der Waals surface area contributed by atoms with Gasteiger partial charge in [-0.3, -0.25) is 9.59 Å². The fourth-order valence-corrected chi connectivity index (χ4v) is 2.83. The van der Waals surface area contributed by atoms with E-state index in [1.807, 2.05) is 13.8 Å². The number of hydrogen-bond acceptors (Lipinski definition) is 5. The highest BCUT2D eigenvalue weighted by Gasteiger charge is 2.33. The third-order valence-electron chi connectivity index (χ3n) is 4.22. The van der Waals surface area contributed by atoms with Gasteiger partial charge in [-0.25, -0.2) is 0 Å². The number of benzene rings is 1. The predicted octanol–water partition coefficient (Wildman–Crippen LogP) is 2.15. The van der Waals surface area contributed by atoms with Gasteiger partial charge in [0.05, 0.1) is 21.3 Å². The first kappa shape index (κ1) is 17.1. The Bertz CT molecular complexity index is 588. The minimum Gasteiger partial charge on any atom is -0.493 e. The van der Waals surface area contributed by atoms with Gasteiger partial charge in [0, 0.05) is 30.5 Å². The van der Waals surface area contributed by atoms with Crippen molar-refractivity contribution < 1.29 is 23.8 Å². The van der Waals surface area contributed by atoms with E-state index in [1.165, 1.54) is 21.3 Å². The molecule has 0 aliphatic carbocycles. The number of carbonyl (C=O) groups is 2. The second kappa shape index (κ2) is 6.89. The van der Waals surface area contributed by atoms with Gasteiger partial charge in [-0.2, -0.15) is 0 Å². The summed E-state index contributed by atoms with van der Waals surface area (Å²) in [6.45, 7) is 4.17. The first-order valence-electron chi connectivity index (χ1n) is 7.56. The van der Waals surface area contributed by atoms with Crippen molar-refractivity contribution in [3.05, 3.63) is 17.7 Å². The molecule has 1 aliphatic rings. The Hall–Kier alpha value is -2.24. The molecule has 0 bridgehead atoms. The van der Waals surface area contributed by atoms with Crippen LogP contribution < -0.4 is 14.2 Å². The third-order valence-corrected chi connectivity index (χ3v) is 4.22. The van der Waals surface area contributed by atoms with E-state index in [2.05, 4.69) is 0 Å². The van der Waals surface area contributed by atoms with Crippen LogP contribution in [0.5, 0.6) is 17.2 Å². The van der Waals surface area contributed by atoms with Crippen LogP contribution in [-0.4, -0.2) is 50.5 Å². The molecule has 0 saturated carbocycles. The Balaban J connectivity index is 2.37. The topological polar surface area (TPSA) is 65.1 Å². The Morgan fingerprint density at radius 3 is 2.13 bits per heavy atom. The number of rotatable bonds is 4. The highest BCUT2D eigenvalue weighted by atomic mass is 16.5. The maximum Gasteiger partial charge on any atom is 0.254 e. The van der Waals surface area contributed by atoms with Crippen LogP contribution in [0.25, 0.3) is 0 Å². The molecule has 6 nitrogen and oxygen atoms in total. The number of nitrogens with zero attached hydrogens (tertiary/aromatic N) is 1. The van der Waals surface area contributed by atoms with Crippen LogP contribution in [0.4, 0.5) is 0 Å². The Labute approximate surface area is 136 Å². The first-order valence-corrected chi connectivity index (χ1v) is 7.56. The molecule has 1 fully saturated rings. The van der Waals surface area contributed by atoms with Gasteiger partial charge >= 0.3 is 0 Å². The second-order valence-electron chi connectivity index (χ2n) is 5.79. The van der Waals surface area contributed by atoms with E-state index in [1.54, 1.807) is 17.0 Å². The van der Waals surface area contributed by atoms with Crippen LogP contribution in [0, 0.1) is 5.92 Å². The van der Waals surface area contributed by atoms with Crippen LogP contribution in [-0.2, 0) is 4.79 Å². The Kier molecular flexibility index (Phi) is 5.13. The van der Waals surface area contributed by atoms with E-state index in [0.29, 0.717) is 35.8 Å². The molecule has 1 heterocycles. The van der Waals surface area contributed by atoms with Crippen LogP contribution in [0.15, 0.2) is 12.1 Å². The van der Waals surface area contributed by atoms with E-state index in [0.717, 1.165) is 0 Å². The molecule has 0 unspecified atom stereocenters. The number of ether oxygens (including phenoxy) is 3. The highest BCUT2D eigenvalue weighted by Crippen LogP contribution is 2.38. The first-order chi connectivity index (χ1) is 10.9. The lowest BCUT2D eigenvalue weighted by molar-refractivity contribution is -0.126. The van der Waals surface area contributed by atoms with Gasteiger partial charge < -0.3 is 19.1 Å². The Morgan fingerprint density at radius 1 is 1.09 bits per heavy atom. The molecule has 1 amide bonds. The number of amides is 1. The summed E-state index contributed by atoms with van der Waals surface area (Å²) in [7, 11) is 4.54. The van der Waals surface area contributed by atoms with Gasteiger partial charge in [-0.05, 0) is 19.1 Å². The van der Waals surface area contributed by atoms with Crippen molar-refractivity contribution in [1.82, 2.24) is 4.90 Å². The molecule has 126 valence electrons. The smallest absolute Gasteiger partial charge is 0.254 e. The average molecular weight is 321 g/mol. The van der Waals surface area contributed by atoms with Gasteiger partial charge in [-0.15, -0.1) is 0 Å². The minimum absolute atomic E-state index is 0.120. The number of Topliss-reactive ketones (excluding diaryl/α,β-unsaturated/α-hetero) is 1. The molecule has 2 atom stereocenters.